The van der Waals surface area contributed by atoms with Crippen LogP contribution in [-0.2, 0) is 25.6 Å². The van der Waals surface area contributed by atoms with Gasteiger partial charge in [0.05, 0.1) is 0 Å². The molecule has 2 fully saturated rings. The van der Waals surface area contributed by atoms with Crippen molar-refractivity contribution in [2.24, 2.45) is 5.73 Å². The van der Waals surface area contributed by atoms with E-state index in [0.717, 1.165) is 29.3 Å². The van der Waals surface area contributed by atoms with Crippen molar-refractivity contribution < 1.29 is 33.4 Å². The average molecular weight is 518 g/mol. The van der Waals surface area contributed by atoms with E-state index in [2.05, 4.69) is 19.6 Å². The molecule has 196 valence electrons. The van der Waals surface area contributed by atoms with Gasteiger partial charge in [0, 0.05) is 33.2 Å². The van der Waals surface area contributed by atoms with Crippen LogP contribution in [0.3, 0.4) is 0 Å². The number of carbonyl (C=O) groups is 4. The van der Waals surface area contributed by atoms with Crippen molar-refractivity contribution in [1.29, 1.82) is 0 Å². The summed E-state index contributed by atoms with van der Waals surface area (Å²) in [5.41, 5.74) is 6.44. The number of likely N-dealkylation sites (tertiary alicyclic amines) is 1. The Hall–Kier alpha value is -2.92. The largest absolute Gasteiger partial charge is 0.487 e. The first-order chi connectivity index (χ1) is 17.0. The minimum Gasteiger partial charge on any atom is -0.487 e. The number of ether oxygens (including phenoxy) is 3. The number of benzene rings is 1. The predicted octanol–water partition coefficient (Wildman–Crippen LogP) is 2.87. The maximum Gasteiger partial charge on any atom is 0.404 e. The molecule has 1 saturated carbocycles. The van der Waals surface area contributed by atoms with Crippen LogP contribution in [0, 0.1) is 0 Å². The number of hydrogen-bond donors (Lipinski definition) is 1. The van der Waals surface area contributed by atoms with Crippen LogP contribution in [-0.4, -0.2) is 73.3 Å². The Kier molecular flexibility index (Phi) is 7.69. The summed E-state index contributed by atoms with van der Waals surface area (Å²) >= 11 is 0. The summed E-state index contributed by atoms with van der Waals surface area (Å²) in [5.74, 6) is -0.335. The first-order valence-electron chi connectivity index (χ1n) is 12.5. The van der Waals surface area contributed by atoms with E-state index in [1.165, 1.54) is 4.90 Å². The average Bonchev–Trinajstić information content (AvgIpc) is 3.35. The minimum atomic E-state index is -1.29. The molecule has 10 nitrogen and oxygen atoms in total. The number of amides is 4. The first kappa shape index (κ1) is 26.1. The summed E-state index contributed by atoms with van der Waals surface area (Å²) in [5, 5.41) is 0. The van der Waals surface area contributed by atoms with E-state index in [1.54, 1.807) is 18.2 Å². The minimum absolute atomic E-state index is 0.0818. The zero-order chi connectivity index (χ0) is 26.0. The monoisotopic (exact) mass is 517 g/mol. The number of carbonyl (C=O) groups excluding carboxylic acids is 4. The second-order valence-electron chi connectivity index (χ2n) is 10.9. The summed E-state index contributed by atoms with van der Waals surface area (Å²) in [6.45, 7) is 7.38. The van der Waals surface area contributed by atoms with Gasteiger partial charge in [-0.05, 0) is 55.5 Å². The van der Waals surface area contributed by atoms with E-state index >= 15 is 0 Å². The van der Waals surface area contributed by atoms with E-state index in [0.29, 0.717) is 30.8 Å². The number of primary amides is 1. The molecule has 3 aliphatic rings. The maximum atomic E-state index is 13.2. The highest BCUT2D eigenvalue weighted by Crippen LogP contribution is 2.33. The van der Waals surface area contributed by atoms with E-state index in [4.69, 9.17) is 19.9 Å². The highest BCUT2D eigenvalue weighted by atomic mass is 28.3. The van der Waals surface area contributed by atoms with Gasteiger partial charge in [0.2, 0.25) is 5.91 Å². The molecule has 1 aromatic carbocycles. The molecule has 1 aromatic rings. The fourth-order valence-electron chi connectivity index (χ4n) is 4.91. The summed E-state index contributed by atoms with van der Waals surface area (Å²) in [6, 6.07) is 5.43. The molecular weight excluding hydrogens is 482 g/mol. The third-order valence-electron chi connectivity index (χ3n) is 6.93. The molecule has 1 aliphatic carbocycles. The van der Waals surface area contributed by atoms with Gasteiger partial charge in [0.1, 0.15) is 30.7 Å². The molecule has 0 aromatic heterocycles. The third kappa shape index (κ3) is 5.89. The van der Waals surface area contributed by atoms with Crippen LogP contribution in [0.15, 0.2) is 18.2 Å². The summed E-state index contributed by atoms with van der Waals surface area (Å²) < 4.78 is 16.9. The zero-order valence-electron chi connectivity index (χ0n) is 21.2. The number of fused-ring (bicyclic) bond motifs is 1. The first-order valence-corrected chi connectivity index (χ1v) is 16.2. The van der Waals surface area contributed by atoms with Crippen molar-refractivity contribution in [1.82, 2.24) is 9.80 Å². The Morgan fingerprint density at radius 1 is 1.11 bits per heavy atom. The van der Waals surface area contributed by atoms with E-state index < -0.39 is 32.2 Å². The Balaban J connectivity index is 1.40. The molecule has 4 amide bonds. The Morgan fingerprint density at radius 2 is 1.86 bits per heavy atom. The van der Waals surface area contributed by atoms with E-state index in [-0.39, 0.29) is 37.6 Å². The van der Waals surface area contributed by atoms with Gasteiger partial charge in [-0.15, -0.1) is 0 Å². The second-order valence-corrected chi connectivity index (χ2v) is 16.5. The topological polar surface area (TPSA) is 128 Å². The highest BCUT2D eigenvalue weighted by Gasteiger charge is 2.43. The fraction of sp³-hybridized carbons (Fsp3) is 0.600. The summed E-state index contributed by atoms with van der Waals surface area (Å²) in [7, 11) is -1.29. The molecule has 0 radical (unpaired) electrons. The molecule has 36 heavy (non-hydrogen) atoms. The molecule has 3 atom stereocenters. The van der Waals surface area contributed by atoms with Crippen LogP contribution in [0.2, 0.25) is 25.7 Å². The summed E-state index contributed by atoms with van der Waals surface area (Å²) in [6.07, 6.45) is 1.24. The molecule has 2 aliphatic heterocycles. The standard InChI is InChI=1S/C25H35N3O7Si/c1-36(2,3)12-11-33-15-28-22(29)10-9-19(24(28)31)27-14-16-13-17(7-8-18(16)23(27)30)34-20-5-4-6-21(20)35-25(26)32/h7-8,13,19-21H,4-6,9-12,14-15H2,1-3H3,(H2,26,32)/t19?,20-,21-/m0/s1. The van der Waals surface area contributed by atoms with E-state index in [9.17, 15) is 19.2 Å². The van der Waals surface area contributed by atoms with Gasteiger partial charge in [-0.25, -0.2) is 4.79 Å². The maximum absolute atomic E-state index is 13.2. The highest BCUT2D eigenvalue weighted by molar-refractivity contribution is 6.76. The van der Waals surface area contributed by atoms with Gasteiger partial charge in [-0.3, -0.25) is 19.3 Å². The molecular formula is C25H35N3O7Si. The van der Waals surface area contributed by atoms with E-state index in [1.807, 2.05) is 0 Å². The second kappa shape index (κ2) is 10.6. The number of rotatable bonds is 9. The molecule has 1 unspecified atom stereocenters. The fourth-order valence-corrected chi connectivity index (χ4v) is 5.67. The van der Waals surface area contributed by atoms with Gasteiger partial charge in [0.25, 0.3) is 11.8 Å². The van der Waals surface area contributed by atoms with Crippen molar-refractivity contribution in [3.8, 4) is 5.75 Å². The van der Waals surface area contributed by atoms with Gasteiger partial charge >= 0.3 is 6.09 Å². The van der Waals surface area contributed by atoms with Crippen LogP contribution in [0.1, 0.15) is 48.0 Å². The van der Waals surface area contributed by atoms with Crippen molar-refractivity contribution in [2.45, 2.75) is 82.6 Å². The van der Waals surface area contributed by atoms with Crippen LogP contribution < -0.4 is 10.5 Å². The predicted molar refractivity (Wildman–Crippen MR) is 133 cm³/mol. The van der Waals surface area contributed by atoms with Gasteiger partial charge in [0.15, 0.2) is 0 Å². The molecule has 0 bridgehead atoms. The molecule has 11 heteroatoms. The number of piperidine rings is 1. The molecule has 2 heterocycles. The number of imide groups is 1. The van der Waals surface area contributed by atoms with Crippen LogP contribution in [0.4, 0.5) is 4.79 Å². The van der Waals surface area contributed by atoms with Crippen LogP contribution >= 0.6 is 0 Å². The Morgan fingerprint density at radius 3 is 2.58 bits per heavy atom. The van der Waals surface area contributed by atoms with Crippen molar-refractivity contribution in [3.05, 3.63) is 29.3 Å². The Bertz CT molecular complexity index is 1040. The smallest absolute Gasteiger partial charge is 0.404 e. The normalized spacial score (nSPS) is 24.3. The number of hydrogen-bond acceptors (Lipinski definition) is 7. The Labute approximate surface area is 212 Å². The van der Waals surface area contributed by atoms with Crippen LogP contribution in [0.25, 0.3) is 0 Å². The number of nitrogens with two attached hydrogens (primary N) is 1. The summed E-state index contributed by atoms with van der Waals surface area (Å²) in [4.78, 5) is 52.6. The molecule has 4 rings (SSSR count). The third-order valence-corrected chi connectivity index (χ3v) is 8.64. The van der Waals surface area contributed by atoms with Crippen molar-refractivity contribution in [2.75, 3.05) is 13.3 Å². The number of nitrogens with zero attached hydrogens (tertiary/aromatic N) is 2. The zero-order valence-corrected chi connectivity index (χ0v) is 22.2. The lowest BCUT2D eigenvalue weighted by atomic mass is 10.0. The van der Waals surface area contributed by atoms with Crippen molar-refractivity contribution >= 4 is 31.9 Å². The van der Waals surface area contributed by atoms with Gasteiger partial charge in [-0.1, -0.05) is 19.6 Å². The molecule has 1 saturated heterocycles. The quantitative estimate of drug-likeness (QED) is 0.303. The van der Waals surface area contributed by atoms with Gasteiger partial charge in [-0.2, -0.15) is 0 Å². The molecule has 0 spiro atoms. The lowest BCUT2D eigenvalue weighted by molar-refractivity contribution is -0.158. The lowest BCUT2D eigenvalue weighted by Gasteiger charge is -2.35. The van der Waals surface area contributed by atoms with Crippen LogP contribution in [0.5, 0.6) is 5.75 Å². The molecule has 2 N–H and O–H groups in total. The lowest BCUT2D eigenvalue weighted by Crippen LogP contribution is -2.55. The van der Waals surface area contributed by atoms with Gasteiger partial charge < -0.3 is 24.8 Å². The SMILES string of the molecule is C[Si](C)(C)CCOCN1C(=O)CCC(N2Cc3cc(O[C@H]4CCC[C@@H]4OC(N)=O)ccc3C2=O)C1=O. The van der Waals surface area contributed by atoms with Crippen molar-refractivity contribution in [3.63, 3.8) is 0 Å².